The summed E-state index contributed by atoms with van der Waals surface area (Å²) in [5.41, 5.74) is 1.56. The Morgan fingerprint density at radius 2 is 2.16 bits per heavy atom. The lowest BCUT2D eigenvalue weighted by atomic mass is 10.2. The predicted octanol–water partition coefficient (Wildman–Crippen LogP) is 3.61. The molecule has 0 amide bonds. The van der Waals surface area contributed by atoms with Crippen LogP contribution in [0.2, 0.25) is 0 Å². The Morgan fingerprint density at radius 3 is 3.00 bits per heavy atom. The van der Waals surface area contributed by atoms with Crippen LogP contribution in [0.4, 0.5) is 0 Å². The molecule has 0 spiro atoms. The third kappa shape index (κ3) is 2.47. The molecule has 0 atom stereocenters. The van der Waals surface area contributed by atoms with Gasteiger partial charge >= 0.3 is 0 Å². The number of nitrogens with zero attached hydrogens (tertiary/aromatic N) is 1. The van der Waals surface area contributed by atoms with Crippen LogP contribution in [-0.2, 0) is 6.61 Å². The quantitative estimate of drug-likeness (QED) is 0.775. The van der Waals surface area contributed by atoms with Crippen molar-refractivity contribution in [3.8, 4) is 11.5 Å². The molecule has 4 nitrogen and oxygen atoms in total. The minimum Gasteiger partial charge on any atom is -0.455 e. The number of H-pyrrole nitrogens is 1. The number of benzene rings is 1. The van der Waals surface area contributed by atoms with Gasteiger partial charge in [0.05, 0.1) is 12.8 Å². The molecule has 2 N–H and O–H groups in total. The summed E-state index contributed by atoms with van der Waals surface area (Å²) in [5, 5.41) is 10.3. The molecule has 2 aromatic heterocycles. The van der Waals surface area contributed by atoms with Gasteiger partial charge in [0, 0.05) is 21.6 Å². The van der Waals surface area contributed by atoms with Crippen molar-refractivity contribution in [1.29, 1.82) is 0 Å². The van der Waals surface area contributed by atoms with Gasteiger partial charge in [-0.15, -0.1) is 0 Å². The summed E-state index contributed by atoms with van der Waals surface area (Å²) >= 11 is 3.39. The molecular formula is C14H11BrN2O2. The summed E-state index contributed by atoms with van der Waals surface area (Å²) in [4.78, 5) is 7.29. The van der Waals surface area contributed by atoms with Gasteiger partial charge in [0.2, 0.25) is 0 Å². The fraction of sp³-hybridized carbons (Fsp3) is 0.0714. The molecule has 0 saturated heterocycles. The summed E-state index contributed by atoms with van der Waals surface area (Å²) in [6, 6.07) is 9.35. The highest BCUT2D eigenvalue weighted by atomic mass is 79.9. The van der Waals surface area contributed by atoms with Crippen LogP contribution in [0.15, 0.2) is 47.2 Å². The lowest BCUT2D eigenvalue weighted by Crippen LogP contribution is -1.92. The standard InChI is InChI=1S/C14H11BrN2O2/c15-11-2-1-10(8-18)13(6-11)19-12-5-9-3-4-16-14(9)17-7-12/h1-7,18H,8H2,(H,16,17). The number of fused-ring (bicyclic) bond motifs is 1. The molecule has 0 aliphatic carbocycles. The number of hydrogen-bond acceptors (Lipinski definition) is 3. The van der Waals surface area contributed by atoms with Gasteiger partial charge in [-0.2, -0.15) is 0 Å². The second-order valence-electron chi connectivity index (χ2n) is 4.10. The van der Waals surface area contributed by atoms with Gasteiger partial charge in [-0.05, 0) is 24.3 Å². The number of aromatic nitrogens is 2. The van der Waals surface area contributed by atoms with E-state index in [1.165, 1.54) is 0 Å². The molecule has 0 saturated carbocycles. The topological polar surface area (TPSA) is 58.1 Å². The van der Waals surface area contributed by atoms with E-state index in [1.807, 2.05) is 36.5 Å². The molecule has 19 heavy (non-hydrogen) atoms. The van der Waals surface area contributed by atoms with Crippen LogP contribution in [0.25, 0.3) is 11.0 Å². The van der Waals surface area contributed by atoms with Crippen LogP contribution >= 0.6 is 15.9 Å². The van der Waals surface area contributed by atoms with Crippen molar-refractivity contribution in [2.75, 3.05) is 0 Å². The molecule has 0 radical (unpaired) electrons. The minimum absolute atomic E-state index is 0.0670. The molecule has 0 fully saturated rings. The number of aliphatic hydroxyl groups is 1. The highest BCUT2D eigenvalue weighted by Gasteiger charge is 2.06. The minimum atomic E-state index is -0.0670. The zero-order chi connectivity index (χ0) is 13.2. The number of aromatic amines is 1. The highest BCUT2D eigenvalue weighted by Crippen LogP contribution is 2.29. The summed E-state index contributed by atoms with van der Waals surface area (Å²) in [6.07, 6.45) is 3.49. The van der Waals surface area contributed by atoms with Gasteiger partial charge < -0.3 is 14.8 Å². The van der Waals surface area contributed by atoms with Crippen molar-refractivity contribution in [2.24, 2.45) is 0 Å². The van der Waals surface area contributed by atoms with E-state index in [0.29, 0.717) is 11.5 Å². The van der Waals surface area contributed by atoms with E-state index in [1.54, 1.807) is 6.20 Å². The monoisotopic (exact) mass is 318 g/mol. The fourth-order valence-corrected chi connectivity index (χ4v) is 2.20. The Labute approximate surface area is 118 Å². The number of halogens is 1. The zero-order valence-electron chi connectivity index (χ0n) is 9.93. The van der Waals surface area contributed by atoms with Crippen LogP contribution in [0.5, 0.6) is 11.5 Å². The molecule has 3 rings (SSSR count). The summed E-state index contributed by atoms with van der Waals surface area (Å²) < 4.78 is 6.69. The number of pyridine rings is 1. The van der Waals surface area contributed by atoms with Gasteiger partial charge in [-0.25, -0.2) is 4.98 Å². The van der Waals surface area contributed by atoms with E-state index in [0.717, 1.165) is 21.1 Å². The third-order valence-electron chi connectivity index (χ3n) is 2.80. The summed E-state index contributed by atoms with van der Waals surface area (Å²) in [5.74, 6) is 1.26. The Morgan fingerprint density at radius 1 is 1.26 bits per heavy atom. The number of rotatable bonds is 3. The maximum absolute atomic E-state index is 9.31. The van der Waals surface area contributed by atoms with Crippen LogP contribution in [-0.4, -0.2) is 15.1 Å². The maximum atomic E-state index is 9.31. The first-order chi connectivity index (χ1) is 9.26. The SMILES string of the molecule is OCc1ccc(Br)cc1Oc1cnc2[nH]ccc2c1. The van der Waals surface area contributed by atoms with Gasteiger partial charge in [0.25, 0.3) is 0 Å². The average molecular weight is 319 g/mol. The molecule has 0 bridgehead atoms. The Bertz CT molecular complexity index is 724. The van der Waals surface area contributed by atoms with Crippen LogP contribution in [0.1, 0.15) is 5.56 Å². The van der Waals surface area contributed by atoms with E-state index in [2.05, 4.69) is 25.9 Å². The highest BCUT2D eigenvalue weighted by molar-refractivity contribution is 9.10. The molecule has 0 unspecified atom stereocenters. The molecule has 3 aromatic rings. The number of aliphatic hydroxyl groups excluding tert-OH is 1. The Kier molecular flexibility index (Phi) is 3.23. The summed E-state index contributed by atoms with van der Waals surface area (Å²) in [6.45, 7) is -0.0670. The fourth-order valence-electron chi connectivity index (χ4n) is 1.86. The van der Waals surface area contributed by atoms with Crippen molar-refractivity contribution in [2.45, 2.75) is 6.61 Å². The van der Waals surface area contributed by atoms with E-state index in [9.17, 15) is 5.11 Å². The van der Waals surface area contributed by atoms with Crippen LogP contribution < -0.4 is 4.74 Å². The van der Waals surface area contributed by atoms with Crippen molar-refractivity contribution in [1.82, 2.24) is 9.97 Å². The molecule has 0 aliphatic rings. The molecular weight excluding hydrogens is 308 g/mol. The lowest BCUT2D eigenvalue weighted by molar-refractivity contribution is 0.276. The molecule has 96 valence electrons. The molecule has 1 aromatic carbocycles. The number of ether oxygens (including phenoxy) is 1. The van der Waals surface area contributed by atoms with Crippen molar-refractivity contribution < 1.29 is 9.84 Å². The van der Waals surface area contributed by atoms with Gasteiger partial charge in [0.15, 0.2) is 0 Å². The first kappa shape index (κ1) is 12.2. The first-order valence-corrected chi connectivity index (χ1v) is 6.56. The normalized spacial score (nSPS) is 10.8. The first-order valence-electron chi connectivity index (χ1n) is 5.76. The van der Waals surface area contributed by atoms with E-state index >= 15 is 0 Å². The van der Waals surface area contributed by atoms with E-state index in [4.69, 9.17) is 4.74 Å². The van der Waals surface area contributed by atoms with Gasteiger partial charge in [-0.3, -0.25) is 0 Å². The van der Waals surface area contributed by atoms with Gasteiger partial charge in [0.1, 0.15) is 17.1 Å². The summed E-state index contributed by atoms with van der Waals surface area (Å²) in [7, 11) is 0. The van der Waals surface area contributed by atoms with Crippen LogP contribution in [0.3, 0.4) is 0 Å². The number of hydrogen-bond donors (Lipinski definition) is 2. The molecule has 0 aliphatic heterocycles. The van der Waals surface area contributed by atoms with Crippen molar-refractivity contribution in [3.05, 3.63) is 52.8 Å². The molecule has 2 heterocycles. The van der Waals surface area contributed by atoms with Crippen molar-refractivity contribution in [3.63, 3.8) is 0 Å². The van der Waals surface area contributed by atoms with Gasteiger partial charge in [-0.1, -0.05) is 22.0 Å². The maximum Gasteiger partial charge on any atom is 0.146 e. The Hall–Kier alpha value is -1.85. The molecule has 5 heteroatoms. The third-order valence-corrected chi connectivity index (χ3v) is 3.30. The van der Waals surface area contributed by atoms with Crippen LogP contribution in [0, 0.1) is 0 Å². The predicted molar refractivity (Wildman–Crippen MR) is 76.2 cm³/mol. The average Bonchev–Trinajstić information content (AvgIpc) is 2.86. The smallest absolute Gasteiger partial charge is 0.146 e. The van der Waals surface area contributed by atoms with E-state index in [-0.39, 0.29) is 6.61 Å². The van der Waals surface area contributed by atoms with E-state index < -0.39 is 0 Å². The zero-order valence-corrected chi connectivity index (χ0v) is 11.5. The largest absolute Gasteiger partial charge is 0.455 e. The second kappa shape index (κ2) is 5.03. The van der Waals surface area contributed by atoms with Crippen molar-refractivity contribution >= 4 is 27.0 Å². The second-order valence-corrected chi connectivity index (χ2v) is 5.01. The Balaban J connectivity index is 1.97. The lowest BCUT2D eigenvalue weighted by Gasteiger charge is -2.10. The number of nitrogens with one attached hydrogen (secondary N) is 1.